The number of rotatable bonds is 6. The third-order valence-electron chi connectivity index (χ3n) is 7.77. The van der Waals surface area contributed by atoms with Crippen LogP contribution in [0, 0.1) is 16.7 Å². The summed E-state index contributed by atoms with van der Waals surface area (Å²) in [6.45, 7) is 3.69. The van der Waals surface area contributed by atoms with Gasteiger partial charge in [0.25, 0.3) is 0 Å². The highest BCUT2D eigenvalue weighted by molar-refractivity contribution is 5.83. The fourth-order valence-corrected chi connectivity index (χ4v) is 7.05. The molecule has 4 bridgehead atoms. The maximum Gasteiger partial charge on any atom is 0.226 e. The number of hydrogen-bond acceptors (Lipinski definition) is 3. The Hall–Kier alpha value is -1.88. The summed E-state index contributed by atoms with van der Waals surface area (Å²) < 4.78 is 2.01. The molecule has 0 spiro atoms. The molecule has 4 aliphatic carbocycles. The first kappa shape index (κ1) is 18.2. The van der Waals surface area contributed by atoms with E-state index in [9.17, 15) is 9.90 Å². The lowest BCUT2D eigenvalue weighted by molar-refractivity contribution is -0.204. The van der Waals surface area contributed by atoms with Crippen molar-refractivity contribution in [3.05, 3.63) is 30.5 Å². The molecule has 1 heterocycles. The van der Waals surface area contributed by atoms with Gasteiger partial charge in [-0.25, -0.2) is 0 Å². The molecule has 0 aliphatic heterocycles. The van der Waals surface area contributed by atoms with E-state index in [0.717, 1.165) is 56.0 Å². The van der Waals surface area contributed by atoms with E-state index in [2.05, 4.69) is 29.5 Å². The number of carbonyl (C=O) groups is 1. The number of nitrogens with one attached hydrogen (secondary N) is 1. The monoisotopic (exact) mass is 381 g/mol. The summed E-state index contributed by atoms with van der Waals surface area (Å²) in [4.78, 5) is 13.2. The first-order valence-corrected chi connectivity index (χ1v) is 10.9. The molecule has 1 amide bonds. The van der Waals surface area contributed by atoms with Gasteiger partial charge in [-0.3, -0.25) is 9.48 Å². The van der Waals surface area contributed by atoms with Crippen LogP contribution >= 0.6 is 0 Å². The van der Waals surface area contributed by atoms with Crippen LogP contribution in [0.4, 0.5) is 0 Å². The Morgan fingerprint density at radius 3 is 2.93 bits per heavy atom. The number of nitrogens with zero attached hydrogens (tertiary/aromatic N) is 2. The van der Waals surface area contributed by atoms with Crippen LogP contribution < -0.4 is 5.32 Å². The minimum atomic E-state index is -0.610. The number of hydrogen-bond donors (Lipinski definition) is 2. The van der Waals surface area contributed by atoms with Gasteiger partial charge in [-0.1, -0.05) is 31.5 Å². The smallest absolute Gasteiger partial charge is 0.226 e. The van der Waals surface area contributed by atoms with Gasteiger partial charge < -0.3 is 10.4 Å². The molecule has 4 fully saturated rings. The first-order chi connectivity index (χ1) is 13.4. The number of aromatic nitrogens is 2. The summed E-state index contributed by atoms with van der Waals surface area (Å²) in [5, 5.41) is 20.0. The second-order valence-electron chi connectivity index (χ2n) is 9.90. The molecular weight excluding hydrogens is 350 g/mol. The molecule has 6 rings (SSSR count). The summed E-state index contributed by atoms with van der Waals surface area (Å²) >= 11 is 0. The van der Waals surface area contributed by atoms with Gasteiger partial charge in [0.1, 0.15) is 0 Å². The summed E-state index contributed by atoms with van der Waals surface area (Å²) in [6.07, 6.45) is 9.42. The second kappa shape index (κ2) is 6.31. The average Bonchev–Trinajstić information content (AvgIpc) is 3.06. The lowest BCUT2D eigenvalue weighted by Crippen LogP contribution is -2.63. The Labute approximate surface area is 166 Å². The Balaban J connectivity index is 1.22. The van der Waals surface area contributed by atoms with Gasteiger partial charge in [0, 0.05) is 18.5 Å². The summed E-state index contributed by atoms with van der Waals surface area (Å²) in [6, 6.07) is 8.21. The molecule has 4 atom stereocenters. The SMILES string of the molecule is CCC12CC3CC(O)(C1)CC(C(=O)NCCCn1ncc4ccccc41)(C3)C2. The molecule has 5 nitrogen and oxygen atoms in total. The number of aryl methyl sites for hydroxylation is 1. The standard InChI is InChI=1S/C23H31N3O2/c1-2-21-10-17-11-22(14-21,16-23(28,12-17)15-21)20(27)24-8-5-9-26-19-7-4-3-6-18(19)13-25-26/h3-4,6-7,13,17,28H,2,5,8-12,14-16H2,1H3,(H,24,27). The third kappa shape index (κ3) is 2.86. The van der Waals surface area contributed by atoms with Crippen LogP contribution in [0.5, 0.6) is 0 Å². The van der Waals surface area contributed by atoms with E-state index in [1.807, 2.05) is 23.0 Å². The van der Waals surface area contributed by atoms with Crippen LogP contribution in [-0.2, 0) is 11.3 Å². The van der Waals surface area contributed by atoms with Crippen molar-refractivity contribution in [1.82, 2.24) is 15.1 Å². The molecule has 0 saturated heterocycles. The highest BCUT2D eigenvalue weighted by atomic mass is 16.3. The van der Waals surface area contributed by atoms with Crippen molar-refractivity contribution in [2.75, 3.05) is 6.54 Å². The molecule has 28 heavy (non-hydrogen) atoms. The first-order valence-electron chi connectivity index (χ1n) is 10.9. The van der Waals surface area contributed by atoms with Crippen LogP contribution in [-0.4, -0.2) is 32.9 Å². The van der Waals surface area contributed by atoms with Gasteiger partial charge in [0.15, 0.2) is 0 Å². The van der Waals surface area contributed by atoms with Crippen molar-refractivity contribution < 1.29 is 9.90 Å². The van der Waals surface area contributed by atoms with Gasteiger partial charge in [0.2, 0.25) is 5.91 Å². The predicted octanol–water partition coefficient (Wildman–Crippen LogP) is 3.65. The van der Waals surface area contributed by atoms with E-state index < -0.39 is 5.60 Å². The molecule has 4 saturated carbocycles. The molecule has 2 N–H and O–H groups in total. The van der Waals surface area contributed by atoms with Crippen LogP contribution in [0.1, 0.15) is 58.3 Å². The lowest BCUT2D eigenvalue weighted by Gasteiger charge is -2.64. The largest absolute Gasteiger partial charge is 0.390 e. The van der Waals surface area contributed by atoms with Gasteiger partial charge in [-0.2, -0.15) is 5.10 Å². The van der Waals surface area contributed by atoms with Crippen molar-refractivity contribution in [3.63, 3.8) is 0 Å². The van der Waals surface area contributed by atoms with E-state index in [0.29, 0.717) is 18.9 Å². The fraction of sp³-hybridized carbons (Fsp3) is 0.652. The Morgan fingerprint density at radius 2 is 2.11 bits per heavy atom. The molecular formula is C23H31N3O2. The van der Waals surface area contributed by atoms with Gasteiger partial charge >= 0.3 is 0 Å². The number of aliphatic hydroxyl groups is 1. The number of para-hydroxylation sites is 1. The van der Waals surface area contributed by atoms with Crippen molar-refractivity contribution in [2.45, 2.75) is 70.4 Å². The van der Waals surface area contributed by atoms with Crippen LogP contribution in [0.3, 0.4) is 0 Å². The Bertz CT molecular complexity index is 908. The van der Waals surface area contributed by atoms with Crippen molar-refractivity contribution in [3.8, 4) is 0 Å². The molecule has 1 aromatic carbocycles. The maximum absolute atomic E-state index is 13.2. The zero-order valence-electron chi connectivity index (χ0n) is 16.8. The number of fused-ring (bicyclic) bond motifs is 1. The molecule has 2 aromatic rings. The Morgan fingerprint density at radius 1 is 1.25 bits per heavy atom. The normalized spacial score (nSPS) is 36.1. The van der Waals surface area contributed by atoms with Gasteiger partial charge in [-0.15, -0.1) is 0 Å². The second-order valence-corrected chi connectivity index (χ2v) is 9.90. The molecule has 4 aliphatic rings. The summed E-state index contributed by atoms with van der Waals surface area (Å²) in [7, 11) is 0. The quantitative estimate of drug-likeness (QED) is 0.751. The highest BCUT2D eigenvalue weighted by Crippen LogP contribution is 2.67. The lowest BCUT2D eigenvalue weighted by atomic mass is 9.42. The summed E-state index contributed by atoms with van der Waals surface area (Å²) in [5.74, 6) is 0.695. The molecule has 5 heteroatoms. The Kier molecular flexibility index (Phi) is 4.10. The highest BCUT2D eigenvalue weighted by Gasteiger charge is 2.64. The fourth-order valence-electron chi connectivity index (χ4n) is 7.05. The third-order valence-corrected chi connectivity index (χ3v) is 7.77. The number of carbonyl (C=O) groups excluding carboxylic acids is 1. The number of benzene rings is 1. The summed E-state index contributed by atoms with van der Waals surface area (Å²) in [5.41, 5.74) is 0.366. The van der Waals surface area contributed by atoms with Crippen LogP contribution in [0.25, 0.3) is 10.9 Å². The van der Waals surface area contributed by atoms with Crippen LogP contribution in [0.15, 0.2) is 30.5 Å². The van der Waals surface area contributed by atoms with Crippen LogP contribution in [0.2, 0.25) is 0 Å². The van der Waals surface area contributed by atoms with E-state index in [-0.39, 0.29) is 16.7 Å². The van der Waals surface area contributed by atoms with E-state index in [4.69, 9.17) is 0 Å². The minimum Gasteiger partial charge on any atom is -0.390 e. The minimum absolute atomic E-state index is 0.179. The van der Waals surface area contributed by atoms with E-state index in [1.165, 1.54) is 6.42 Å². The van der Waals surface area contributed by atoms with Gasteiger partial charge in [0.05, 0.1) is 22.7 Å². The van der Waals surface area contributed by atoms with E-state index >= 15 is 0 Å². The zero-order valence-corrected chi connectivity index (χ0v) is 16.8. The van der Waals surface area contributed by atoms with E-state index in [1.54, 1.807) is 0 Å². The average molecular weight is 382 g/mol. The predicted molar refractivity (Wildman–Crippen MR) is 109 cm³/mol. The molecule has 150 valence electrons. The maximum atomic E-state index is 13.2. The molecule has 1 aromatic heterocycles. The molecule has 4 unspecified atom stereocenters. The zero-order chi connectivity index (χ0) is 19.4. The van der Waals surface area contributed by atoms with Crippen molar-refractivity contribution in [1.29, 1.82) is 0 Å². The number of amides is 1. The van der Waals surface area contributed by atoms with Crippen molar-refractivity contribution in [2.24, 2.45) is 16.7 Å². The topological polar surface area (TPSA) is 67.2 Å². The molecule has 0 radical (unpaired) electrons. The van der Waals surface area contributed by atoms with Gasteiger partial charge in [-0.05, 0) is 62.3 Å². The van der Waals surface area contributed by atoms with Crippen molar-refractivity contribution >= 4 is 16.8 Å².